The first-order valence-corrected chi connectivity index (χ1v) is 13.2. The molecule has 0 saturated carbocycles. The van der Waals surface area contributed by atoms with Crippen LogP contribution in [-0.2, 0) is 4.74 Å². The number of nitrogens with one attached hydrogen (secondary N) is 2. The Labute approximate surface area is 249 Å². The minimum absolute atomic E-state index is 0.0124. The molecule has 0 aromatic carbocycles. The number of hydrogen-bond donors (Lipinski definition) is 2. The zero-order chi connectivity index (χ0) is 35.3. The Balaban J connectivity index is 1.73. The minimum Gasteiger partial charge on any atom is -0.382 e. The lowest BCUT2D eigenvalue weighted by molar-refractivity contribution is -0.214. The van der Waals surface area contributed by atoms with Crippen LogP contribution in [0.15, 0.2) is 24.8 Å². The lowest BCUT2D eigenvalue weighted by atomic mass is 9.85. The molecule has 0 aliphatic carbocycles. The summed E-state index contributed by atoms with van der Waals surface area (Å²) in [6, 6.07) is -3.10. The number of imidazole rings is 1. The second kappa shape index (κ2) is 12.0. The molecule has 4 rings (SSSR count). The van der Waals surface area contributed by atoms with Gasteiger partial charge in [0.05, 0.1) is 60.7 Å². The molecule has 3 aromatic heterocycles. The molecular weight excluding hydrogens is 581 g/mol. The fourth-order valence-electron chi connectivity index (χ4n) is 4.33. The summed E-state index contributed by atoms with van der Waals surface area (Å²) in [6.45, 7) is -2.48. The van der Waals surface area contributed by atoms with Gasteiger partial charge in [-0.05, 0) is 32.8 Å². The molecule has 3 aromatic rings. The Morgan fingerprint density at radius 1 is 1.28 bits per heavy atom. The summed E-state index contributed by atoms with van der Waals surface area (Å²) in [7, 11) is 1.18. The fourth-order valence-corrected chi connectivity index (χ4v) is 4.33. The van der Waals surface area contributed by atoms with Crippen molar-refractivity contribution in [1.82, 2.24) is 44.9 Å². The molecule has 0 radical (unpaired) electrons. The van der Waals surface area contributed by atoms with Gasteiger partial charge in [0.15, 0.2) is 5.65 Å². The van der Waals surface area contributed by atoms with Gasteiger partial charge >= 0.3 is 12.2 Å². The highest BCUT2D eigenvalue weighted by molar-refractivity contribution is 5.90. The number of ether oxygens (including phenoxy) is 1. The van der Waals surface area contributed by atoms with E-state index in [0.717, 1.165) is 20.0 Å². The summed E-state index contributed by atoms with van der Waals surface area (Å²) in [6.07, 6.45) is -1.55. The fraction of sp³-hybridized carbons (Fsp3) is 0.615. The number of hydrogen-bond acceptors (Lipinski definition) is 7. The molecule has 3 amide bonds. The molecule has 1 fully saturated rings. The third-order valence-corrected chi connectivity index (χ3v) is 6.94. The first kappa shape index (κ1) is 26.7. The Morgan fingerprint density at radius 2 is 2.00 bits per heavy atom. The van der Waals surface area contributed by atoms with Gasteiger partial charge in [-0.25, -0.2) is 32.7 Å². The molecule has 43 heavy (non-hydrogen) atoms. The van der Waals surface area contributed by atoms with E-state index in [1.54, 1.807) is 13.8 Å². The summed E-state index contributed by atoms with van der Waals surface area (Å²) >= 11 is 0. The molecule has 2 atom stereocenters. The molecule has 0 unspecified atom stereocenters. The summed E-state index contributed by atoms with van der Waals surface area (Å²) < 4.78 is 110. The minimum atomic E-state index is -4.70. The second-order valence-corrected chi connectivity index (χ2v) is 10.9. The number of alkyl halides is 5. The predicted molar refractivity (Wildman–Crippen MR) is 142 cm³/mol. The number of methoxy groups -OCH3 is 1. The number of urea groups is 1. The molecule has 1 saturated heterocycles. The quantitative estimate of drug-likeness (QED) is 0.309. The molecule has 0 spiro atoms. The van der Waals surface area contributed by atoms with E-state index in [0.29, 0.717) is 0 Å². The molecule has 4 heterocycles. The summed E-state index contributed by atoms with van der Waals surface area (Å²) in [5.74, 6) is -5.51. The van der Waals surface area contributed by atoms with E-state index >= 15 is 0 Å². The van der Waals surface area contributed by atoms with Crippen LogP contribution in [-0.4, -0.2) is 85.0 Å². The van der Waals surface area contributed by atoms with Crippen LogP contribution in [0.2, 0.25) is 0 Å². The maximum Gasteiger partial charge on any atom is 0.393 e. The summed E-state index contributed by atoms with van der Waals surface area (Å²) in [4.78, 5) is 34.6. The van der Waals surface area contributed by atoms with Crippen LogP contribution < -0.4 is 10.6 Å². The number of amides is 3. The van der Waals surface area contributed by atoms with Gasteiger partial charge in [0.2, 0.25) is 5.82 Å². The Bertz CT molecular complexity index is 1630. The van der Waals surface area contributed by atoms with Crippen molar-refractivity contribution in [2.75, 3.05) is 26.7 Å². The SMILES string of the molecule is [2H]C1([2H])NC(=O)N([C@H](COC)c2cnn3cc([C@H](CCC(C)(C)C(F)(F)F)NC(=O)c4ncnn4C(C)C)nc3c2)C([2H])([2H])C1(F)F. The van der Waals surface area contributed by atoms with Crippen LogP contribution in [0.1, 0.15) is 86.0 Å². The third-order valence-electron chi connectivity index (χ3n) is 6.94. The van der Waals surface area contributed by atoms with Gasteiger partial charge in [-0.2, -0.15) is 23.4 Å². The van der Waals surface area contributed by atoms with Gasteiger partial charge in [-0.3, -0.25) is 4.79 Å². The topological polar surface area (TPSA) is 132 Å². The van der Waals surface area contributed by atoms with E-state index < -0.39 is 67.6 Å². The van der Waals surface area contributed by atoms with E-state index in [1.165, 1.54) is 40.2 Å². The van der Waals surface area contributed by atoms with Crippen molar-refractivity contribution in [2.45, 2.75) is 70.8 Å². The van der Waals surface area contributed by atoms with Gasteiger partial charge in [0.1, 0.15) is 6.33 Å². The zero-order valence-corrected chi connectivity index (χ0v) is 23.9. The number of carbonyl (C=O) groups excluding carboxylic acids is 2. The zero-order valence-electron chi connectivity index (χ0n) is 27.9. The normalized spacial score (nSPS) is 21.0. The van der Waals surface area contributed by atoms with Gasteiger partial charge < -0.3 is 20.3 Å². The van der Waals surface area contributed by atoms with Crippen molar-refractivity contribution in [1.29, 1.82) is 0 Å². The monoisotopic (exact) mass is 619 g/mol. The summed E-state index contributed by atoms with van der Waals surface area (Å²) in [5, 5.41) is 12.4. The summed E-state index contributed by atoms with van der Waals surface area (Å²) in [5.41, 5.74) is -2.06. The standard InChI is InChI=1S/C26H34F5N9O3/c1-15(2)40-21(33-14-35-40)22(41)37-17(6-7-24(3,4)26(29,30)31)18-10-39-20(36-18)8-16(9-34-39)19(11-43-5)38-13-25(27,28)12-32-23(38)42/h8-10,14-15,17,19H,6-7,11-13H2,1-5H3,(H,32,42)(H,37,41)/t17-,19+/m0/s1/i12D2,13D2. The maximum atomic E-state index is 15.0. The van der Waals surface area contributed by atoms with Crippen LogP contribution in [0.3, 0.4) is 0 Å². The lowest BCUT2D eigenvalue weighted by Gasteiger charge is -2.38. The van der Waals surface area contributed by atoms with Crippen LogP contribution in [0.25, 0.3) is 5.65 Å². The van der Waals surface area contributed by atoms with Crippen molar-refractivity contribution in [2.24, 2.45) is 5.41 Å². The van der Waals surface area contributed by atoms with E-state index in [-0.39, 0.29) is 40.1 Å². The number of halogens is 5. The maximum absolute atomic E-state index is 15.0. The Hall–Kier alpha value is -3.89. The first-order valence-electron chi connectivity index (χ1n) is 15.2. The second-order valence-electron chi connectivity index (χ2n) is 10.9. The molecular formula is C26H34F5N9O3. The third kappa shape index (κ3) is 7.02. The van der Waals surface area contributed by atoms with E-state index in [9.17, 15) is 31.5 Å². The van der Waals surface area contributed by atoms with E-state index in [2.05, 4.69) is 25.5 Å². The Morgan fingerprint density at radius 3 is 2.65 bits per heavy atom. The molecule has 0 bridgehead atoms. The van der Waals surface area contributed by atoms with Crippen molar-refractivity contribution < 1.29 is 41.8 Å². The van der Waals surface area contributed by atoms with Crippen molar-refractivity contribution in [3.8, 4) is 0 Å². The Kier molecular flexibility index (Phi) is 7.46. The van der Waals surface area contributed by atoms with Gasteiger partial charge in [-0.15, -0.1) is 0 Å². The molecule has 12 nitrogen and oxygen atoms in total. The van der Waals surface area contributed by atoms with Crippen molar-refractivity contribution >= 4 is 17.6 Å². The number of aromatic nitrogens is 6. The van der Waals surface area contributed by atoms with Gasteiger partial charge in [0.25, 0.3) is 11.8 Å². The molecule has 1 aliphatic heterocycles. The number of rotatable bonds is 11. The van der Waals surface area contributed by atoms with Crippen LogP contribution in [0.5, 0.6) is 0 Å². The number of fused-ring (bicyclic) bond motifs is 1. The van der Waals surface area contributed by atoms with E-state index in [1.807, 2.05) is 0 Å². The number of nitrogens with zero attached hydrogens (tertiary/aromatic N) is 7. The van der Waals surface area contributed by atoms with Crippen LogP contribution >= 0.6 is 0 Å². The van der Waals surface area contributed by atoms with E-state index in [4.69, 9.17) is 10.2 Å². The average Bonchev–Trinajstić information content (AvgIpc) is 3.60. The van der Waals surface area contributed by atoms with Gasteiger partial charge in [0, 0.05) is 18.7 Å². The molecule has 2 N–H and O–H groups in total. The predicted octanol–water partition coefficient (Wildman–Crippen LogP) is 4.09. The highest BCUT2D eigenvalue weighted by Crippen LogP contribution is 2.42. The molecule has 1 aliphatic rings. The number of carbonyl (C=O) groups is 2. The van der Waals surface area contributed by atoms with Crippen LogP contribution in [0.4, 0.5) is 26.7 Å². The lowest BCUT2D eigenvalue weighted by Crippen LogP contribution is -2.58. The van der Waals surface area contributed by atoms with Crippen molar-refractivity contribution in [3.05, 3.63) is 41.9 Å². The largest absolute Gasteiger partial charge is 0.393 e. The first-order chi connectivity index (χ1) is 21.6. The highest BCUT2D eigenvalue weighted by Gasteiger charge is 2.47. The van der Waals surface area contributed by atoms with Crippen molar-refractivity contribution in [3.63, 3.8) is 0 Å². The van der Waals surface area contributed by atoms with Crippen LogP contribution in [0, 0.1) is 5.41 Å². The van der Waals surface area contributed by atoms with Gasteiger partial charge in [-0.1, -0.05) is 13.8 Å². The molecule has 17 heteroatoms. The highest BCUT2D eigenvalue weighted by atomic mass is 19.4. The average molecular weight is 620 g/mol. The smallest absolute Gasteiger partial charge is 0.382 e. The molecule has 236 valence electrons.